The van der Waals surface area contributed by atoms with Gasteiger partial charge in [-0.25, -0.2) is 0 Å². The predicted molar refractivity (Wildman–Crippen MR) is 249 cm³/mol. The SMILES string of the molecule is Cn1c2ccccc2c2cc(-c3cccc4c(-c5ccc(-c6ccccc6)c6ccccc56)c5cccc(-c6ccc7c(c6)c6ccccc6n7C)c5cc34)ccc21. The Labute approximate surface area is 336 Å². The quantitative estimate of drug-likeness (QED) is 0.159. The number of hydrogen-bond donors (Lipinski definition) is 0. The summed E-state index contributed by atoms with van der Waals surface area (Å²) >= 11 is 0. The molecule has 2 aromatic heterocycles. The van der Waals surface area contributed by atoms with Gasteiger partial charge in [0.05, 0.1) is 0 Å². The van der Waals surface area contributed by atoms with Crippen molar-refractivity contribution in [1.29, 1.82) is 0 Å². The molecule has 12 aromatic rings. The van der Waals surface area contributed by atoms with Crippen LogP contribution in [0, 0.1) is 0 Å². The lowest BCUT2D eigenvalue weighted by molar-refractivity contribution is 1.01. The number of hydrogen-bond acceptors (Lipinski definition) is 0. The van der Waals surface area contributed by atoms with E-state index in [0.717, 1.165) is 0 Å². The molecule has 0 amide bonds. The van der Waals surface area contributed by atoms with Crippen LogP contribution in [0.15, 0.2) is 194 Å². The first-order valence-corrected chi connectivity index (χ1v) is 20.1. The average molecular weight is 739 g/mol. The third-order valence-electron chi connectivity index (χ3n) is 12.8. The highest BCUT2D eigenvalue weighted by atomic mass is 14.9. The minimum absolute atomic E-state index is 1.22. The van der Waals surface area contributed by atoms with Crippen LogP contribution in [0.2, 0.25) is 0 Å². The summed E-state index contributed by atoms with van der Waals surface area (Å²) in [4.78, 5) is 0. The van der Waals surface area contributed by atoms with Gasteiger partial charge >= 0.3 is 0 Å². The van der Waals surface area contributed by atoms with Crippen LogP contribution in [-0.2, 0) is 14.1 Å². The molecule has 0 fully saturated rings. The molecule has 0 unspecified atom stereocenters. The van der Waals surface area contributed by atoms with E-state index in [1.54, 1.807) is 0 Å². The molecule has 0 N–H and O–H groups in total. The molecule has 12 rings (SSSR count). The first-order chi connectivity index (χ1) is 28.6. The number of aryl methyl sites for hydroxylation is 2. The first kappa shape index (κ1) is 32.8. The van der Waals surface area contributed by atoms with Crippen molar-refractivity contribution < 1.29 is 0 Å². The Morgan fingerprint density at radius 2 is 0.655 bits per heavy atom. The summed E-state index contributed by atoms with van der Waals surface area (Å²) in [6.45, 7) is 0. The molecule has 10 aromatic carbocycles. The molecule has 0 radical (unpaired) electrons. The van der Waals surface area contributed by atoms with Crippen molar-refractivity contribution >= 4 is 75.9 Å². The van der Waals surface area contributed by atoms with Crippen LogP contribution in [0.1, 0.15) is 0 Å². The summed E-state index contributed by atoms with van der Waals surface area (Å²) in [6, 6.07) is 72.2. The first-order valence-electron chi connectivity index (χ1n) is 20.1. The molecule has 0 atom stereocenters. The van der Waals surface area contributed by atoms with Crippen molar-refractivity contribution in [3.05, 3.63) is 194 Å². The fourth-order valence-electron chi connectivity index (χ4n) is 10.0. The fourth-order valence-corrected chi connectivity index (χ4v) is 10.0. The van der Waals surface area contributed by atoms with Crippen molar-refractivity contribution in [2.24, 2.45) is 14.1 Å². The number of benzene rings is 10. The number of nitrogens with zero attached hydrogens (tertiary/aromatic N) is 2. The zero-order chi connectivity index (χ0) is 38.5. The monoisotopic (exact) mass is 738 g/mol. The highest BCUT2D eigenvalue weighted by Crippen LogP contribution is 2.47. The van der Waals surface area contributed by atoms with Crippen molar-refractivity contribution in [3.63, 3.8) is 0 Å². The van der Waals surface area contributed by atoms with Gasteiger partial charge in [0.25, 0.3) is 0 Å². The minimum Gasteiger partial charge on any atom is -0.344 e. The van der Waals surface area contributed by atoms with E-state index in [0.29, 0.717) is 0 Å². The Morgan fingerprint density at radius 1 is 0.241 bits per heavy atom. The van der Waals surface area contributed by atoms with Gasteiger partial charge in [-0.2, -0.15) is 0 Å². The number of fused-ring (bicyclic) bond motifs is 9. The molecule has 0 aliphatic rings. The van der Waals surface area contributed by atoms with E-state index in [-0.39, 0.29) is 0 Å². The second-order valence-electron chi connectivity index (χ2n) is 15.7. The smallest absolute Gasteiger partial charge is 0.0489 e. The summed E-state index contributed by atoms with van der Waals surface area (Å²) in [6.07, 6.45) is 0. The maximum atomic E-state index is 2.47. The molecule has 2 heteroatoms. The lowest BCUT2D eigenvalue weighted by Crippen LogP contribution is -1.92. The summed E-state index contributed by atoms with van der Waals surface area (Å²) in [5, 5.41) is 12.6. The van der Waals surface area contributed by atoms with Gasteiger partial charge in [0, 0.05) is 57.7 Å². The zero-order valence-corrected chi connectivity index (χ0v) is 32.4. The van der Waals surface area contributed by atoms with Crippen molar-refractivity contribution in [2.45, 2.75) is 0 Å². The maximum Gasteiger partial charge on any atom is 0.0489 e. The van der Waals surface area contributed by atoms with Crippen LogP contribution in [0.4, 0.5) is 0 Å². The van der Waals surface area contributed by atoms with E-state index in [4.69, 9.17) is 0 Å². The summed E-state index contributed by atoms with van der Waals surface area (Å²) in [5.74, 6) is 0. The summed E-state index contributed by atoms with van der Waals surface area (Å²) < 4.78 is 4.62. The minimum atomic E-state index is 1.22. The second-order valence-corrected chi connectivity index (χ2v) is 15.7. The topological polar surface area (TPSA) is 9.86 Å². The normalized spacial score (nSPS) is 12.0. The van der Waals surface area contributed by atoms with Crippen LogP contribution in [0.5, 0.6) is 0 Å². The highest BCUT2D eigenvalue weighted by Gasteiger charge is 2.20. The molecule has 0 spiro atoms. The molecule has 272 valence electrons. The molecule has 0 saturated heterocycles. The summed E-state index contributed by atoms with van der Waals surface area (Å²) in [5.41, 5.74) is 14.9. The van der Waals surface area contributed by atoms with Gasteiger partial charge < -0.3 is 9.13 Å². The molecule has 0 aliphatic carbocycles. The van der Waals surface area contributed by atoms with Gasteiger partial charge in [0.1, 0.15) is 0 Å². The molecule has 2 nitrogen and oxygen atoms in total. The molecule has 0 saturated carbocycles. The molecule has 0 bridgehead atoms. The van der Waals surface area contributed by atoms with E-state index >= 15 is 0 Å². The van der Waals surface area contributed by atoms with Crippen LogP contribution < -0.4 is 0 Å². The molecule has 2 heterocycles. The van der Waals surface area contributed by atoms with E-state index in [1.165, 1.54) is 120 Å². The second kappa shape index (κ2) is 12.5. The van der Waals surface area contributed by atoms with Gasteiger partial charge in [-0.05, 0) is 119 Å². The molecule has 0 aliphatic heterocycles. The Hall–Kier alpha value is -7.42. The number of para-hydroxylation sites is 2. The van der Waals surface area contributed by atoms with Crippen LogP contribution in [-0.4, -0.2) is 9.13 Å². The maximum absolute atomic E-state index is 2.47. The summed E-state index contributed by atoms with van der Waals surface area (Å²) in [7, 11) is 4.34. The van der Waals surface area contributed by atoms with E-state index in [1.807, 2.05) is 0 Å². The van der Waals surface area contributed by atoms with Gasteiger partial charge in [0.2, 0.25) is 0 Å². The molecular formula is C56H38N2. The van der Waals surface area contributed by atoms with Gasteiger partial charge in [-0.15, -0.1) is 0 Å². The van der Waals surface area contributed by atoms with E-state index in [2.05, 4.69) is 217 Å². The van der Waals surface area contributed by atoms with Gasteiger partial charge in [-0.3, -0.25) is 0 Å². The standard InChI is InChI=1S/C56H38N2/c1-57-52-24-10-8-18-43(52)50-32-36(26-30-54(50)57)38-20-12-22-45-48(38)34-49-39(37-27-31-55-51(33-37)44-19-9-11-25-53(44)58(55)2)21-13-23-46(49)56(45)47-29-28-40(35-14-4-3-5-15-35)41-16-6-7-17-42(41)47/h3-34H,1-2H3. The van der Waals surface area contributed by atoms with Crippen LogP contribution in [0.3, 0.4) is 0 Å². The Bertz CT molecular complexity index is 3460. The third kappa shape index (κ3) is 4.72. The van der Waals surface area contributed by atoms with E-state index in [9.17, 15) is 0 Å². The number of aromatic nitrogens is 2. The fraction of sp³-hybridized carbons (Fsp3) is 0.0357. The van der Waals surface area contributed by atoms with Crippen molar-refractivity contribution in [2.75, 3.05) is 0 Å². The highest BCUT2D eigenvalue weighted by molar-refractivity contribution is 6.23. The lowest BCUT2D eigenvalue weighted by Gasteiger charge is -2.19. The Balaban J connectivity index is 1.19. The largest absolute Gasteiger partial charge is 0.344 e. The van der Waals surface area contributed by atoms with Gasteiger partial charge in [0.15, 0.2) is 0 Å². The zero-order valence-electron chi connectivity index (χ0n) is 32.4. The Kier molecular flexibility index (Phi) is 7.09. The Morgan fingerprint density at radius 3 is 1.21 bits per heavy atom. The van der Waals surface area contributed by atoms with Crippen LogP contribution >= 0.6 is 0 Å². The van der Waals surface area contributed by atoms with Crippen LogP contribution in [0.25, 0.3) is 120 Å². The lowest BCUT2D eigenvalue weighted by atomic mass is 9.84. The van der Waals surface area contributed by atoms with Gasteiger partial charge in [-0.1, -0.05) is 152 Å². The molecular weight excluding hydrogens is 701 g/mol. The molecule has 58 heavy (non-hydrogen) atoms. The number of rotatable bonds is 4. The average Bonchev–Trinajstić information content (AvgIpc) is 3.74. The predicted octanol–water partition coefficient (Wildman–Crippen LogP) is 15.1. The van der Waals surface area contributed by atoms with Crippen molar-refractivity contribution in [1.82, 2.24) is 9.13 Å². The third-order valence-corrected chi connectivity index (χ3v) is 12.8. The van der Waals surface area contributed by atoms with E-state index < -0.39 is 0 Å². The van der Waals surface area contributed by atoms with Crippen molar-refractivity contribution in [3.8, 4) is 44.5 Å².